The lowest BCUT2D eigenvalue weighted by molar-refractivity contribution is -0.151. The third-order valence-corrected chi connectivity index (χ3v) is 7.94. The molecule has 1 saturated heterocycles. The molecule has 3 atom stereocenters. The van der Waals surface area contributed by atoms with E-state index in [4.69, 9.17) is 11.6 Å². The van der Waals surface area contributed by atoms with Crippen LogP contribution in [0.25, 0.3) is 0 Å². The van der Waals surface area contributed by atoms with E-state index in [1.165, 1.54) is 37.8 Å². The van der Waals surface area contributed by atoms with Gasteiger partial charge in [-0.1, -0.05) is 23.4 Å². The Morgan fingerprint density at radius 1 is 1.47 bits per heavy atom. The van der Waals surface area contributed by atoms with Gasteiger partial charge in [0.2, 0.25) is 11.1 Å². The molecular formula is C17H19ClN8O4S2. The zero-order chi connectivity index (χ0) is 23.2. The fourth-order valence-electron chi connectivity index (χ4n) is 3.34. The Bertz CT molecular complexity index is 1110. The summed E-state index contributed by atoms with van der Waals surface area (Å²) in [5.74, 6) is -1.32. The van der Waals surface area contributed by atoms with Crippen LogP contribution in [0.4, 0.5) is 0 Å². The van der Waals surface area contributed by atoms with Gasteiger partial charge in [0, 0.05) is 24.8 Å². The number of halogens is 1. The maximum absolute atomic E-state index is 12.8. The van der Waals surface area contributed by atoms with Crippen LogP contribution in [0.3, 0.4) is 0 Å². The van der Waals surface area contributed by atoms with Crippen LogP contribution in [0.15, 0.2) is 22.6 Å². The summed E-state index contributed by atoms with van der Waals surface area (Å²) in [4.78, 5) is 38.7. The smallest absolute Gasteiger partial charge is 0.352 e. The Morgan fingerprint density at radius 3 is 2.81 bits per heavy atom. The Labute approximate surface area is 195 Å². The highest BCUT2D eigenvalue weighted by atomic mass is 35.5. The first-order valence-corrected chi connectivity index (χ1v) is 11.9. The summed E-state index contributed by atoms with van der Waals surface area (Å²) >= 11 is 8.70. The molecule has 4 rings (SSSR count). The maximum atomic E-state index is 12.8. The number of thioether (sulfide) groups is 2. The topological polar surface area (TPSA) is 148 Å². The minimum atomic E-state index is -1.19. The molecule has 2 aromatic rings. The van der Waals surface area contributed by atoms with Crippen molar-refractivity contribution >= 4 is 52.9 Å². The van der Waals surface area contributed by atoms with E-state index < -0.39 is 35.2 Å². The number of nitrogens with one attached hydrogen (secondary N) is 1. The number of tetrazole rings is 1. The Morgan fingerprint density at radius 2 is 2.22 bits per heavy atom. The van der Waals surface area contributed by atoms with Gasteiger partial charge in [-0.15, -0.1) is 16.9 Å². The average Bonchev–Trinajstić information content (AvgIpc) is 3.33. The second-order valence-electron chi connectivity index (χ2n) is 7.25. The standard InChI is InChI=1S/C17H19ClN8O4S2/c1-7-10(18)4-25(21-7)8(2)13(27)19-11-14(28)26-12(16(29)30)9(5-31-15(11)26)6-32-17-20-22-23-24(17)3/h4,8,11,15H,5-6H2,1-3H3,(H,19,27)(H,29,30). The van der Waals surface area contributed by atoms with Gasteiger partial charge in [0.25, 0.3) is 5.91 Å². The summed E-state index contributed by atoms with van der Waals surface area (Å²) in [5, 5.41) is 28.3. The molecule has 12 nitrogen and oxygen atoms in total. The minimum absolute atomic E-state index is 0.0468. The zero-order valence-electron chi connectivity index (χ0n) is 17.2. The van der Waals surface area contributed by atoms with Crippen molar-refractivity contribution in [1.29, 1.82) is 0 Å². The molecule has 0 aromatic carbocycles. The summed E-state index contributed by atoms with van der Waals surface area (Å²) in [7, 11) is 1.69. The first-order valence-electron chi connectivity index (χ1n) is 9.45. The minimum Gasteiger partial charge on any atom is -0.477 e. The number of carbonyl (C=O) groups excluding carboxylic acids is 2. The van der Waals surface area contributed by atoms with E-state index in [1.54, 1.807) is 27.1 Å². The van der Waals surface area contributed by atoms with Crippen molar-refractivity contribution in [1.82, 2.24) is 40.2 Å². The SMILES string of the molecule is Cc1nn(C(C)C(=O)NC2C(=O)N3C(C(=O)O)=C(CSc4nnnn4C)CSC23)cc1Cl. The molecule has 0 bridgehead atoms. The van der Waals surface area contributed by atoms with E-state index in [2.05, 4.69) is 25.9 Å². The van der Waals surface area contributed by atoms with Crippen molar-refractivity contribution in [2.24, 2.45) is 7.05 Å². The van der Waals surface area contributed by atoms with Gasteiger partial charge in [-0.3, -0.25) is 19.2 Å². The number of hydrogen-bond donors (Lipinski definition) is 2. The number of β-lactam (4-membered cyclic amide) rings is 1. The number of fused-ring (bicyclic) bond motifs is 1. The van der Waals surface area contributed by atoms with Crippen molar-refractivity contribution in [3.8, 4) is 0 Å². The highest BCUT2D eigenvalue weighted by Crippen LogP contribution is 2.41. The number of aryl methyl sites for hydroxylation is 2. The van der Waals surface area contributed by atoms with E-state index in [0.717, 1.165) is 0 Å². The van der Waals surface area contributed by atoms with E-state index in [9.17, 15) is 19.5 Å². The fraction of sp³-hybridized carbons (Fsp3) is 0.471. The molecule has 0 spiro atoms. The molecule has 15 heteroatoms. The van der Waals surface area contributed by atoms with Crippen LogP contribution in [0.2, 0.25) is 5.02 Å². The predicted molar refractivity (Wildman–Crippen MR) is 116 cm³/mol. The Hall–Kier alpha value is -2.58. The molecule has 170 valence electrons. The second-order valence-corrected chi connectivity index (χ2v) is 9.70. The van der Waals surface area contributed by atoms with E-state index in [1.807, 2.05) is 0 Å². The number of carbonyl (C=O) groups is 3. The number of rotatable bonds is 7. The van der Waals surface area contributed by atoms with Gasteiger partial charge in [0.15, 0.2) is 0 Å². The molecule has 0 radical (unpaired) electrons. The number of nitrogens with zero attached hydrogens (tertiary/aromatic N) is 7. The van der Waals surface area contributed by atoms with E-state index in [0.29, 0.717) is 33.0 Å². The lowest BCUT2D eigenvalue weighted by Crippen LogP contribution is -2.71. The molecule has 32 heavy (non-hydrogen) atoms. The van der Waals surface area contributed by atoms with Gasteiger partial charge in [-0.2, -0.15) is 5.10 Å². The van der Waals surface area contributed by atoms with Crippen LogP contribution in [0, 0.1) is 6.92 Å². The number of carboxylic acids is 1. The van der Waals surface area contributed by atoms with Crippen LogP contribution in [-0.2, 0) is 21.4 Å². The molecule has 0 saturated carbocycles. The molecule has 3 unspecified atom stereocenters. The van der Waals surface area contributed by atoms with Crippen LogP contribution < -0.4 is 5.32 Å². The van der Waals surface area contributed by atoms with Gasteiger partial charge in [-0.25, -0.2) is 9.48 Å². The van der Waals surface area contributed by atoms with Gasteiger partial charge in [0.05, 0.1) is 10.7 Å². The van der Waals surface area contributed by atoms with Crippen molar-refractivity contribution in [3.05, 3.63) is 28.2 Å². The second kappa shape index (κ2) is 8.75. The molecule has 2 aliphatic heterocycles. The number of aliphatic carboxylic acids is 1. The number of carboxylic acid groups (broad SMARTS) is 1. The summed E-state index contributed by atoms with van der Waals surface area (Å²) in [6, 6.07) is -1.49. The first-order chi connectivity index (χ1) is 15.2. The molecule has 2 aliphatic rings. The maximum Gasteiger partial charge on any atom is 0.352 e. The summed E-state index contributed by atoms with van der Waals surface area (Å²) in [5.41, 5.74) is 1.15. The first kappa shape index (κ1) is 22.6. The lowest BCUT2D eigenvalue weighted by Gasteiger charge is -2.49. The van der Waals surface area contributed by atoms with Crippen molar-refractivity contribution in [2.45, 2.75) is 36.5 Å². The third kappa shape index (κ3) is 3.97. The van der Waals surface area contributed by atoms with Gasteiger partial charge in [-0.05, 0) is 29.8 Å². The summed E-state index contributed by atoms with van der Waals surface area (Å²) in [6.45, 7) is 3.37. The number of hydrogen-bond acceptors (Lipinski definition) is 9. The lowest BCUT2D eigenvalue weighted by atomic mass is 10.0. The van der Waals surface area contributed by atoms with Gasteiger partial charge >= 0.3 is 5.97 Å². The van der Waals surface area contributed by atoms with Crippen molar-refractivity contribution in [3.63, 3.8) is 0 Å². The molecule has 0 aliphatic carbocycles. The predicted octanol–water partition coefficient (Wildman–Crippen LogP) is 0.460. The van der Waals surface area contributed by atoms with Crippen LogP contribution in [0.5, 0.6) is 0 Å². The highest BCUT2D eigenvalue weighted by Gasteiger charge is 2.54. The molecule has 2 aromatic heterocycles. The van der Waals surface area contributed by atoms with Crippen molar-refractivity contribution in [2.75, 3.05) is 11.5 Å². The molecule has 2 amide bonds. The largest absolute Gasteiger partial charge is 0.477 e. The van der Waals surface area contributed by atoms with Crippen LogP contribution in [-0.4, -0.2) is 80.7 Å². The molecule has 4 heterocycles. The summed E-state index contributed by atoms with van der Waals surface area (Å²) in [6.07, 6.45) is 1.55. The summed E-state index contributed by atoms with van der Waals surface area (Å²) < 4.78 is 2.92. The zero-order valence-corrected chi connectivity index (χ0v) is 19.6. The van der Waals surface area contributed by atoms with Gasteiger partial charge in [0.1, 0.15) is 23.2 Å². The fourth-order valence-corrected chi connectivity index (χ4v) is 5.81. The van der Waals surface area contributed by atoms with E-state index in [-0.39, 0.29) is 5.70 Å². The molecular weight excluding hydrogens is 480 g/mol. The van der Waals surface area contributed by atoms with Gasteiger partial charge < -0.3 is 10.4 Å². The van der Waals surface area contributed by atoms with Crippen LogP contribution >= 0.6 is 35.1 Å². The van der Waals surface area contributed by atoms with Crippen molar-refractivity contribution < 1.29 is 19.5 Å². The van der Waals surface area contributed by atoms with Crippen LogP contribution in [0.1, 0.15) is 18.7 Å². The molecule has 1 fully saturated rings. The number of amides is 2. The third-order valence-electron chi connectivity index (χ3n) is 5.14. The number of aromatic nitrogens is 6. The average molecular weight is 499 g/mol. The molecule has 2 N–H and O–H groups in total. The Kier molecular flexibility index (Phi) is 6.18. The normalized spacial score (nSPS) is 21.2. The quantitative estimate of drug-likeness (QED) is 0.407. The van der Waals surface area contributed by atoms with E-state index >= 15 is 0 Å². The highest BCUT2D eigenvalue weighted by molar-refractivity contribution is 8.01. The monoisotopic (exact) mass is 498 g/mol. The Balaban J connectivity index is 1.46.